The summed E-state index contributed by atoms with van der Waals surface area (Å²) in [5.41, 5.74) is 1.62. The third-order valence-corrected chi connectivity index (χ3v) is 15.0. The Hall–Kier alpha value is -2.78. The number of nitrogens with zero attached hydrogens (tertiary/aromatic N) is 2. The van der Waals surface area contributed by atoms with E-state index >= 15 is 0 Å². The molecule has 2 aliphatic heterocycles. The Morgan fingerprint density at radius 1 is 1.13 bits per heavy atom. The average Bonchev–Trinajstić information content (AvgIpc) is 3.26. The Morgan fingerprint density at radius 3 is 2.30 bits per heavy atom. The van der Waals surface area contributed by atoms with Crippen LogP contribution < -0.4 is 0 Å². The van der Waals surface area contributed by atoms with E-state index in [-0.39, 0.29) is 17.1 Å². The number of alkyl halides is 3. The number of hydrogen-bond donors (Lipinski definition) is 0. The summed E-state index contributed by atoms with van der Waals surface area (Å²) in [7, 11) is -2.37. The minimum absolute atomic E-state index is 0.0954. The second-order valence-corrected chi connectivity index (χ2v) is 20.6. The van der Waals surface area contributed by atoms with Gasteiger partial charge in [-0.05, 0) is 53.7 Å². The number of nitriles is 1. The third-order valence-electron chi connectivity index (χ3n) is 10.5. The Labute approximate surface area is 277 Å². The molecule has 0 bridgehead atoms. The minimum atomic E-state index is -4.67. The molecule has 3 heterocycles. The van der Waals surface area contributed by atoms with Crippen molar-refractivity contribution in [1.29, 1.82) is 5.26 Å². The van der Waals surface area contributed by atoms with Gasteiger partial charge in [0.2, 0.25) is 0 Å². The summed E-state index contributed by atoms with van der Waals surface area (Å²) in [4.78, 5) is 17.9. The van der Waals surface area contributed by atoms with Gasteiger partial charge in [0.15, 0.2) is 8.32 Å². The van der Waals surface area contributed by atoms with Gasteiger partial charge < -0.3 is 18.6 Å². The van der Waals surface area contributed by atoms with E-state index in [0.717, 1.165) is 28.5 Å². The highest BCUT2D eigenvalue weighted by Gasteiger charge is 2.56. The van der Waals surface area contributed by atoms with E-state index in [9.17, 15) is 23.2 Å². The summed E-state index contributed by atoms with van der Waals surface area (Å²) in [6, 6.07) is 5.43. The molecule has 3 aliphatic rings. The van der Waals surface area contributed by atoms with Gasteiger partial charge in [0.25, 0.3) is 0 Å². The fraction of sp³-hybridized carbons (Fsp3) is 0.639. The van der Waals surface area contributed by atoms with Gasteiger partial charge in [0, 0.05) is 55.2 Å². The first-order valence-corrected chi connectivity index (χ1v) is 19.3. The quantitative estimate of drug-likeness (QED) is 0.231. The number of rotatable bonds is 5. The van der Waals surface area contributed by atoms with Gasteiger partial charge in [-0.25, -0.2) is 0 Å². The zero-order chi connectivity index (χ0) is 34.9. The van der Waals surface area contributed by atoms with E-state index in [1.54, 1.807) is 6.07 Å². The standard InChI is InChI=1S/C36H47F3N2O5Si/c1-20(2)29-27-28(26-25(46-47(9,10)33(4,5)6)18-34(7,8)32(30(26)41-29)44-21(3)42)35(13-15-43-16-14-35)45-31(27)22-11-12-24(36(37,38)39)23(17-22)19-40/h11-12,17,20,25,31-32H,13-16,18H2,1-10H3/t25?,31-,32+/m1/s1. The second kappa shape index (κ2) is 12.0. The number of hydrogen-bond acceptors (Lipinski definition) is 7. The normalized spacial score (nSPS) is 23.7. The Morgan fingerprint density at radius 2 is 1.77 bits per heavy atom. The zero-order valence-corrected chi connectivity index (χ0v) is 30.1. The second-order valence-electron chi connectivity index (χ2n) is 15.8. The molecule has 0 radical (unpaired) electrons. The summed E-state index contributed by atoms with van der Waals surface area (Å²) in [6.07, 6.45) is -4.88. The molecular weight excluding hydrogens is 625 g/mol. The molecule has 1 fully saturated rings. The van der Waals surface area contributed by atoms with E-state index in [4.69, 9.17) is 23.6 Å². The first-order chi connectivity index (χ1) is 21.6. The van der Waals surface area contributed by atoms with Crippen molar-refractivity contribution in [2.24, 2.45) is 5.41 Å². The summed E-state index contributed by atoms with van der Waals surface area (Å²) >= 11 is 0. The van der Waals surface area contributed by atoms with Crippen LogP contribution in [0.5, 0.6) is 0 Å². The lowest BCUT2D eigenvalue weighted by Gasteiger charge is -2.48. The van der Waals surface area contributed by atoms with Crippen molar-refractivity contribution in [3.8, 4) is 6.07 Å². The molecule has 1 saturated heterocycles. The van der Waals surface area contributed by atoms with E-state index in [1.807, 2.05) is 13.8 Å². The SMILES string of the molecule is CC(=O)O[C@H]1c2nc(C(C)C)c3c(c2C(O[Si](C)(C)C(C)(C)C)CC1(C)C)C1(CCOCC1)O[C@@H]3c1ccc(C(F)(F)F)c(C#N)c1. The fourth-order valence-electron chi connectivity index (χ4n) is 7.16. The largest absolute Gasteiger partial charge is 0.455 e. The molecule has 0 N–H and O–H groups in total. The Kier molecular flexibility index (Phi) is 9.05. The molecule has 0 saturated carbocycles. The van der Waals surface area contributed by atoms with E-state index in [0.29, 0.717) is 43.7 Å². The van der Waals surface area contributed by atoms with Crippen molar-refractivity contribution in [2.45, 2.75) is 129 Å². The zero-order valence-electron chi connectivity index (χ0n) is 29.1. The van der Waals surface area contributed by atoms with Crippen molar-refractivity contribution < 1.29 is 36.6 Å². The van der Waals surface area contributed by atoms with Crippen LogP contribution in [0.2, 0.25) is 18.1 Å². The number of benzene rings is 1. The lowest BCUT2D eigenvalue weighted by Crippen LogP contribution is -2.46. The maximum Gasteiger partial charge on any atom is 0.417 e. The smallest absolute Gasteiger partial charge is 0.417 e. The first kappa shape index (κ1) is 35.5. The van der Waals surface area contributed by atoms with Crippen LogP contribution in [0.1, 0.15) is 144 Å². The van der Waals surface area contributed by atoms with Crippen LogP contribution in [0.25, 0.3) is 0 Å². The number of carbonyl (C=O) groups is 1. The average molecular weight is 673 g/mol. The van der Waals surface area contributed by atoms with Crippen LogP contribution in [0.3, 0.4) is 0 Å². The first-order valence-electron chi connectivity index (χ1n) is 16.4. The molecule has 1 aromatic carbocycles. The predicted octanol–water partition coefficient (Wildman–Crippen LogP) is 9.32. The van der Waals surface area contributed by atoms with Crippen LogP contribution in [-0.2, 0) is 35.2 Å². The summed E-state index contributed by atoms with van der Waals surface area (Å²) in [5, 5.41) is 9.68. The number of carbonyl (C=O) groups excluding carboxylic acids is 1. The lowest BCUT2D eigenvalue weighted by molar-refractivity contribution is -0.156. The molecule has 47 heavy (non-hydrogen) atoms. The molecule has 1 aliphatic carbocycles. The van der Waals surface area contributed by atoms with Crippen molar-refractivity contribution in [3.63, 3.8) is 0 Å². The lowest BCUT2D eigenvalue weighted by atomic mass is 9.68. The van der Waals surface area contributed by atoms with Gasteiger partial charge in [0.1, 0.15) is 12.2 Å². The Bertz CT molecular complexity index is 1600. The van der Waals surface area contributed by atoms with Gasteiger partial charge >= 0.3 is 12.1 Å². The summed E-state index contributed by atoms with van der Waals surface area (Å²) < 4.78 is 67.7. The maximum absolute atomic E-state index is 13.8. The highest BCUT2D eigenvalue weighted by Crippen LogP contribution is 2.61. The topological polar surface area (TPSA) is 90.7 Å². The third kappa shape index (κ3) is 6.27. The molecule has 1 unspecified atom stereocenters. The number of ether oxygens (including phenoxy) is 3. The maximum atomic E-state index is 13.8. The summed E-state index contributed by atoms with van der Waals surface area (Å²) in [6.45, 7) is 21.5. The van der Waals surface area contributed by atoms with Crippen molar-refractivity contribution in [3.05, 3.63) is 63.0 Å². The van der Waals surface area contributed by atoms with Gasteiger partial charge in [-0.3, -0.25) is 9.78 Å². The number of fused-ring (bicyclic) bond motifs is 4. The van der Waals surface area contributed by atoms with Crippen LogP contribution in [0.4, 0.5) is 13.2 Å². The van der Waals surface area contributed by atoms with Crippen molar-refractivity contribution in [2.75, 3.05) is 13.2 Å². The molecule has 256 valence electrons. The highest BCUT2D eigenvalue weighted by molar-refractivity contribution is 6.74. The van der Waals surface area contributed by atoms with Crippen molar-refractivity contribution in [1.82, 2.24) is 4.98 Å². The molecule has 1 aromatic heterocycles. The number of aromatic nitrogens is 1. The van der Waals surface area contributed by atoms with E-state index in [1.165, 1.54) is 19.1 Å². The van der Waals surface area contributed by atoms with Crippen LogP contribution >= 0.6 is 0 Å². The predicted molar refractivity (Wildman–Crippen MR) is 173 cm³/mol. The molecule has 11 heteroatoms. The molecular formula is C36H47F3N2O5Si. The van der Waals surface area contributed by atoms with E-state index in [2.05, 4.69) is 47.7 Å². The van der Waals surface area contributed by atoms with Crippen LogP contribution in [0, 0.1) is 16.7 Å². The highest BCUT2D eigenvalue weighted by atomic mass is 28.4. The monoisotopic (exact) mass is 672 g/mol. The Balaban J connectivity index is 1.86. The number of esters is 1. The van der Waals surface area contributed by atoms with Crippen molar-refractivity contribution >= 4 is 14.3 Å². The molecule has 2 aromatic rings. The molecule has 0 amide bonds. The number of halogens is 3. The van der Waals surface area contributed by atoms with Gasteiger partial charge in [0.05, 0.1) is 34.6 Å². The minimum Gasteiger partial charge on any atom is -0.455 e. The van der Waals surface area contributed by atoms with Crippen LogP contribution in [0.15, 0.2) is 18.2 Å². The molecule has 1 spiro atoms. The van der Waals surface area contributed by atoms with Gasteiger partial charge in [-0.15, -0.1) is 0 Å². The fourth-order valence-corrected chi connectivity index (χ4v) is 8.42. The van der Waals surface area contributed by atoms with Crippen LogP contribution in [-0.4, -0.2) is 32.5 Å². The van der Waals surface area contributed by atoms with Gasteiger partial charge in [-0.1, -0.05) is 54.5 Å². The number of pyridine rings is 1. The molecule has 3 atom stereocenters. The van der Waals surface area contributed by atoms with E-state index < -0.39 is 54.8 Å². The van der Waals surface area contributed by atoms with Gasteiger partial charge in [-0.2, -0.15) is 18.4 Å². The molecule has 5 rings (SSSR count). The summed E-state index contributed by atoms with van der Waals surface area (Å²) in [5.74, 6) is -0.516. The molecule has 7 nitrogen and oxygen atoms in total.